The molecule has 1 rings (SSSR count). The lowest BCUT2D eigenvalue weighted by molar-refractivity contribution is 0.589. The van der Waals surface area contributed by atoms with Crippen molar-refractivity contribution in [2.75, 3.05) is 30.4 Å². The Morgan fingerprint density at radius 3 is 2.81 bits per heavy atom. The molecule has 0 unspecified atom stereocenters. The fourth-order valence-electron chi connectivity index (χ4n) is 0.968. The van der Waals surface area contributed by atoms with Crippen LogP contribution in [0.4, 0.5) is 11.5 Å². The van der Waals surface area contributed by atoms with E-state index in [1.54, 1.807) is 0 Å². The maximum atomic E-state index is 11.1. The average Bonchev–Trinajstić information content (AvgIpc) is 2.17. The highest BCUT2D eigenvalue weighted by molar-refractivity contribution is 7.88. The second-order valence-electron chi connectivity index (χ2n) is 3.09. The Balaban J connectivity index is 2.50. The largest absolute Gasteiger partial charge is 0.391 e. The average molecular weight is 247 g/mol. The zero-order valence-electron chi connectivity index (χ0n) is 8.65. The van der Waals surface area contributed by atoms with Gasteiger partial charge in [0.25, 0.3) is 5.56 Å². The second kappa shape index (κ2) is 4.94. The van der Waals surface area contributed by atoms with Crippen molar-refractivity contribution in [1.29, 1.82) is 0 Å². The molecule has 0 saturated heterocycles. The zero-order valence-corrected chi connectivity index (χ0v) is 9.47. The molecule has 0 aliphatic carbocycles. The van der Waals surface area contributed by atoms with Gasteiger partial charge >= 0.3 is 0 Å². The van der Waals surface area contributed by atoms with Crippen LogP contribution in [0.15, 0.2) is 11.1 Å². The number of aromatic amines is 1. The Kier molecular flexibility index (Phi) is 3.85. The molecule has 1 heterocycles. The van der Waals surface area contributed by atoms with Crippen LogP contribution in [0.1, 0.15) is 0 Å². The minimum absolute atomic E-state index is 0.0261. The molecular formula is C7H13N5O3S. The number of H-pyrrole nitrogens is 1. The van der Waals surface area contributed by atoms with E-state index in [0.717, 1.165) is 6.26 Å². The summed E-state index contributed by atoms with van der Waals surface area (Å²) in [7, 11) is -3.21. The quantitative estimate of drug-likeness (QED) is 0.459. The molecule has 16 heavy (non-hydrogen) atoms. The molecule has 8 nitrogen and oxygen atoms in total. The lowest BCUT2D eigenvalue weighted by Crippen LogP contribution is -2.28. The van der Waals surface area contributed by atoms with E-state index in [-0.39, 0.29) is 24.6 Å². The Labute approximate surface area is 92.3 Å². The van der Waals surface area contributed by atoms with Crippen LogP contribution in [0.3, 0.4) is 0 Å². The molecular weight excluding hydrogens is 234 g/mol. The highest BCUT2D eigenvalue weighted by Crippen LogP contribution is 2.05. The molecule has 1 aromatic heterocycles. The Morgan fingerprint density at radius 2 is 2.19 bits per heavy atom. The van der Waals surface area contributed by atoms with Crippen LogP contribution in [-0.2, 0) is 10.0 Å². The molecule has 9 heteroatoms. The van der Waals surface area contributed by atoms with Crippen molar-refractivity contribution >= 4 is 21.5 Å². The van der Waals surface area contributed by atoms with Crippen LogP contribution >= 0.6 is 0 Å². The molecule has 90 valence electrons. The predicted octanol–water partition coefficient (Wildman–Crippen LogP) is -1.69. The summed E-state index contributed by atoms with van der Waals surface area (Å²) >= 11 is 0. The van der Waals surface area contributed by atoms with E-state index in [9.17, 15) is 13.2 Å². The van der Waals surface area contributed by atoms with Crippen molar-refractivity contribution < 1.29 is 8.42 Å². The Bertz CT molecular complexity index is 509. The maximum absolute atomic E-state index is 11.1. The monoisotopic (exact) mass is 247 g/mol. The van der Waals surface area contributed by atoms with Gasteiger partial charge < -0.3 is 16.0 Å². The van der Waals surface area contributed by atoms with Crippen LogP contribution in [-0.4, -0.2) is 37.7 Å². The van der Waals surface area contributed by atoms with Crippen LogP contribution in [0, 0.1) is 0 Å². The Morgan fingerprint density at radius 1 is 1.50 bits per heavy atom. The summed E-state index contributed by atoms with van der Waals surface area (Å²) in [5.74, 6) is 0.235. The van der Waals surface area contributed by atoms with Gasteiger partial charge in [-0.2, -0.15) is 0 Å². The second-order valence-corrected chi connectivity index (χ2v) is 4.92. The predicted molar refractivity (Wildman–Crippen MR) is 60.6 cm³/mol. The van der Waals surface area contributed by atoms with Gasteiger partial charge in [-0.05, 0) is 0 Å². The van der Waals surface area contributed by atoms with Crippen molar-refractivity contribution in [2.45, 2.75) is 0 Å². The fourth-order valence-corrected chi connectivity index (χ4v) is 1.44. The van der Waals surface area contributed by atoms with Gasteiger partial charge in [-0.25, -0.2) is 18.1 Å². The van der Waals surface area contributed by atoms with E-state index in [1.807, 2.05) is 0 Å². The lowest BCUT2D eigenvalue weighted by Gasteiger charge is -2.06. The number of anilines is 2. The van der Waals surface area contributed by atoms with Crippen molar-refractivity contribution in [1.82, 2.24) is 14.7 Å². The van der Waals surface area contributed by atoms with Crippen molar-refractivity contribution in [3.05, 3.63) is 16.7 Å². The number of nitrogens with two attached hydrogens (primary N) is 1. The molecule has 0 aliphatic heterocycles. The highest BCUT2D eigenvalue weighted by Gasteiger charge is 2.04. The topological polar surface area (TPSA) is 130 Å². The van der Waals surface area contributed by atoms with Gasteiger partial charge in [0.05, 0.1) is 12.6 Å². The summed E-state index contributed by atoms with van der Waals surface area (Å²) in [5.41, 5.74) is 4.98. The standard InChI is InChI=1S/C7H13N5O3S/c1-16(14,15)12-3-2-9-6-5(8)7(13)11-4-10-6/h4,12H,2-3,8H2,1H3,(H2,9,10,11,13). The highest BCUT2D eigenvalue weighted by atomic mass is 32.2. The normalized spacial score (nSPS) is 11.3. The lowest BCUT2D eigenvalue weighted by atomic mass is 10.4. The smallest absolute Gasteiger partial charge is 0.276 e. The van der Waals surface area contributed by atoms with E-state index in [1.165, 1.54) is 6.33 Å². The maximum Gasteiger partial charge on any atom is 0.276 e. The van der Waals surface area contributed by atoms with Gasteiger partial charge in [0.1, 0.15) is 5.69 Å². The first-order valence-corrected chi connectivity index (χ1v) is 6.31. The molecule has 0 amide bonds. The Hall–Kier alpha value is -1.61. The van der Waals surface area contributed by atoms with Gasteiger partial charge in [0, 0.05) is 13.1 Å². The van der Waals surface area contributed by atoms with E-state index in [0.29, 0.717) is 0 Å². The third-order valence-corrected chi connectivity index (χ3v) is 2.40. The molecule has 0 saturated carbocycles. The first kappa shape index (κ1) is 12.5. The van der Waals surface area contributed by atoms with Crippen LogP contribution < -0.4 is 21.3 Å². The molecule has 0 spiro atoms. The van der Waals surface area contributed by atoms with Crippen molar-refractivity contribution in [3.63, 3.8) is 0 Å². The molecule has 0 radical (unpaired) electrons. The molecule has 0 atom stereocenters. The van der Waals surface area contributed by atoms with Gasteiger partial charge in [-0.15, -0.1) is 0 Å². The van der Waals surface area contributed by atoms with Gasteiger partial charge in [0.15, 0.2) is 5.82 Å². The molecule has 0 aromatic carbocycles. The molecule has 1 aromatic rings. The summed E-state index contributed by atoms with van der Waals surface area (Å²) in [5, 5.41) is 2.74. The minimum atomic E-state index is -3.21. The van der Waals surface area contributed by atoms with E-state index < -0.39 is 15.6 Å². The SMILES string of the molecule is CS(=O)(=O)NCCNc1nc[nH]c(=O)c1N. The zero-order chi connectivity index (χ0) is 12.2. The third-order valence-electron chi connectivity index (χ3n) is 1.67. The summed E-state index contributed by atoms with van der Waals surface area (Å²) in [6.45, 7) is 0.473. The van der Waals surface area contributed by atoms with E-state index in [2.05, 4.69) is 20.0 Å². The number of aromatic nitrogens is 2. The summed E-state index contributed by atoms with van der Waals surface area (Å²) < 4.78 is 23.7. The van der Waals surface area contributed by atoms with Crippen LogP contribution in [0.5, 0.6) is 0 Å². The van der Waals surface area contributed by atoms with E-state index >= 15 is 0 Å². The van der Waals surface area contributed by atoms with Crippen molar-refractivity contribution in [3.8, 4) is 0 Å². The number of nitrogens with one attached hydrogen (secondary N) is 3. The summed E-state index contributed by atoms with van der Waals surface area (Å²) in [6, 6.07) is 0. The number of sulfonamides is 1. The number of nitrogen functional groups attached to an aromatic ring is 1. The summed E-state index contributed by atoms with van der Waals surface area (Å²) in [4.78, 5) is 17.2. The first-order chi connectivity index (χ1) is 7.40. The number of rotatable bonds is 5. The molecule has 0 bridgehead atoms. The molecule has 5 N–H and O–H groups in total. The van der Waals surface area contributed by atoms with Gasteiger partial charge in [-0.1, -0.05) is 0 Å². The fraction of sp³-hybridized carbons (Fsp3) is 0.429. The molecule has 0 aliphatic rings. The van der Waals surface area contributed by atoms with Gasteiger partial charge in [0.2, 0.25) is 10.0 Å². The van der Waals surface area contributed by atoms with Crippen LogP contribution in [0.2, 0.25) is 0 Å². The minimum Gasteiger partial charge on any atom is -0.391 e. The number of hydrogen-bond acceptors (Lipinski definition) is 6. The van der Waals surface area contributed by atoms with E-state index in [4.69, 9.17) is 5.73 Å². The number of hydrogen-bond donors (Lipinski definition) is 4. The third kappa shape index (κ3) is 3.87. The van der Waals surface area contributed by atoms with Crippen LogP contribution in [0.25, 0.3) is 0 Å². The molecule has 0 fully saturated rings. The number of nitrogens with zero attached hydrogens (tertiary/aromatic N) is 1. The van der Waals surface area contributed by atoms with Crippen molar-refractivity contribution in [2.24, 2.45) is 0 Å². The first-order valence-electron chi connectivity index (χ1n) is 4.42. The van der Waals surface area contributed by atoms with Gasteiger partial charge in [-0.3, -0.25) is 4.79 Å². The summed E-state index contributed by atoms with van der Waals surface area (Å²) in [6.07, 6.45) is 2.28.